The number of nitrogens with zero attached hydrogens (tertiary/aromatic N) is 1. The number of thioether (sulfide) groups is 1. The second kappa shape index (κ2) is 5.05. The number of aldehydes is 1. The van der Waals surface area contributed by atoms with E-state index >= 15 is 0 Å². The van der Waals surface area contributed by atoms with Crippen LogP contribution >= 0.6 is 11.8 Å². The third-order valence-electron chi connectivity index (χ3n) is 2.32. The van der Waals surface area contributed by atoms with E-state index in [1.165, 1.54) is 0 Å². The van der Waals surface area contributed by atoms with Gasteiger partial charge in [0.25, 0.3) is 5.24 Å². The fraction of sp³-hybridized carbons (Fsp3) is 0.0833. The number of hydrogen-bond donors (Lipinski definition) is 1. The smallest absolute Gasteiger partial charge is 0.281 e. The van der Waals surface area contributed by atoms with E-state index in [-0.39, 0.29) is 4.91 Å². The molecule has 1 aromatic heterocycles. The second-order valence-corrected chi connectivity index (χ2v) is 4.69. The molecule has 0 saturated carbocycles. The summed E-state index contributed by atoms with van der Waals surface area (Å²) in [5, 5.41) is 4.10. The van der Waals surface area contributed by atoms with Gasteiger partial charge in [-0.05, 0) is 42.5 Å². The van der Waals surface area contributed by atoms with Gasteiger partial charge >= 0.3 is 0 Å². The van der Waals surface area contributed by atoms with Gasteiger partial charge in [0, 0.05) is 5.39 Å². The number of nitrogens with two attached hydrogens (primary N) is 1. The molecule has 0 fully saturated rings. The number of hydrogen-bond acceptors (Lipinski definition) is 5. The standard InChI is InChI=1S/C12H10N2O3S/c1-7-10-5-8(2-3-11(10)17-14-7)4-9(6-15)18-12(13)16/h2-6H,1H3,(H2,13,16)/b9-4-. The molecule has 0 aliphatic carbocycles. The molecule has 18 heavy (non-hydrogen) atoms. The number of carbonyl (C=O) groups is 2. The van der Waals surface area contributed by atoms with Gasteiger partial charge in [-0.1, -0.05) is 11.2 Å². The van der Waals surface area contributed by atoms with E-state index in [1.54, 1.807) is 18.2 Å². The van der Waals surface area contributed by atoms with Crippen molar-refractivity contribution >= 4 is 40.3 Å². The maximum absolute atomic E-state index is 10.8. The number of aryl methyl sites for hydroxylation is 1. The van der Waals surface area contributed by atoms with E-state index in [4.69, 9.17) is 10.3 Å². The van der Waals surface area contributed by atoms with E-state index in [2.05, 4.69) is 5.16 Å². The molecule has 2 aromatic rings. The molecule has 0 unspecified atom stereocenters. The van der Waals surface area contributed by atoms with Crippen LogP contribution in [0.25, 0.3) is 17.0 Å². The van der Waals surface area contributed by atoms with E-state index < -0.39 is 5.24 Å². The van der Waals surface area contributed by atoms with E-state index in [1.807, 2.05) is 13.0 Å². The van der Waals surface area contributed by atoms with E-state index in [9.17, 15) is 9.59 Å². The maximum Gasteiger partial charge on any atom is 0.281 e. The quantitative estimate of drug-likeness (QED) is 0.678. The van der Waals surface area contributed by atoms with Crippen molar-refractivity contribution in [3.63, 3.8) is 0 Å². The van der Waals surface area contributed by atoms with Gasteiger partial charge in [0.15, 0.2) is 11.9 Å². The Morgan fingerprint density at radius 1 is 1.50 bits per heavy atom. The van der Waals surface area contributed by atoms with Gasteiger partial charge in [-0.3, -0.25) is 9.59 Å². The lowest BCUT2D eigenvalue weighted by atomic mass is 10.1. The summed E-state index contributed by atoms with van der Waals surface area (Å²) in [6.07, 6.45) is 2.19. The molecule has 1 amide bonds. The fourth-order valence-electron chi connectivity index (χ4n) is 1.53. The number of benzene rings is 1. The summed E-state index contributed by atoms with van der Waals surface area (Å²) in [6, 6.07) is 5.38. The largest absolute Gasteiger partial charge is 0.360 e. The minimum Gasteiger partial charge on any atom is -0.360 e. The van der Waals surface area contributed by atoms with Gasteiger partial charge < -0.3 is 10.3 Å². The zero-order valence-electron chi connectivity index (χ0n) is 9.54. The van der Waals surface area contributed by atoms with Crippen LogP contribution in [0.4, 0.5) is 4.79 Å². The first-order valence-electron chi connectivity index (χ1n) is 5.10. The second-order valence-electron chi connectivity index (χ2n) is 3.61. The van der Waals surface area contributed by atoms with Gasteiger partial charge in [0.2, 0.25) is 0 Å². The van der Waals surface area contributed by atoms with Crippen molar-refractivity contribution < 1.29 is 14.1 Å². The van der Waals surface area contributed by atoms with Crippen molar-refractivity contribution in [2.45, 2.75) is 6.92 Å². The summed E-state index contributed by atoms with van der Waals surface area (Å²) in [5.41, 5.74) is 7.26. The third kappa shape index (κ3) is 2.60. The highest BCUT2D eigenvalue weighted by molar-refractivity contribution is 8.17. The van der Waals surface area contributed by atoms with Crippen LogP contribution in [0.2, 0.25) is 0 Å². The minimum atomic E-state index is -0.615. The SMILES string of the molecule is Cc1noc2ccc(/C=C(/C=O)SC(N)=O)cc12. The Morgan fingerprint density at radius 3 is 2.94 bits per heavy atom. The highest BCUT2D eigenvalue weighted by atomic mass is 32.2. The number of carbonyl (C=O) groups excluding carboxylic acids is 2. The Hall–Kier alpha value is -2.08. The van der Waals surface area contributed by atoms with Crippen LogP contribution in [0, 0.1) is 6.92 Å². The topological polar surface area (TPSA) is 86.2 Å². The van der Waals surface area contributed by atoms with Crippen molar-refractivity contribution in [3.8, 4) is 0 Å². The Kier molecular flexibility index (Phi) is 3.47. The summed E-state index contributed by atoms with van der Waals surface area (Å²) >= 11 is 0.699. The Bertz CT molecular complexity index is 646. The molecule has 6 heteroatoms. The monoisotopic (exact) mass is 262 g/mol. The van der Waals surface area contributed by atoms with Crippen LogP contribution in [0.1, 0.15) is 11.3 Å². The van der Waals surface area contributed by atoms with Crippen LogP contribution in [0.5, 0.6) is 0 Å². The zero-order valence-corrected chi connectivity index (χ0v) is 10.4. The normalized spacial score (nSPS) is 11.7. The van der Waals surface area contributed by atoms with Crippen molar-refractivity contribution in [1.82, 2.24) is 5.16 Å². The lowest BCUT2D eigenvalue weighted by Crippen LogP contribution is -2.02. The van der Waals surface area contributed by atoms with Gasteiger partial charge in [-0.15, -0.1) is 0 Å². The average molecular weight is 262 g/mol. The molecule has 1 aromatic carbocycles. The molecule has 0 aliphatic rings. The van der Waals surface area contributed by atoms with Crippen molar-refractivity contribution in [3.05, 3.63) is 34.4 Å². The predicted octanol–water partition coefficient (Wildman–Crippen LogP) is 2.49. The number of allylic oxidation sites excluding steroid dienone is 1. The summed E-state index contributed by atoms with van der Waals surface area (Å²) < 4.78 is 5.08. The Balaban J connectivity index is 2.40. The first-order chi connectivity index (χ1) is 8.60. The molecule has 0 radical (unpaired) electrons. The molecule has 0 spiro atoms. The van der Waals surface area contributed by atoms with Gasteiger partial charge in [-0.25, -0.2) is 0 Å². The van der Waals surface area contributed by atoms with Crippen LogP contribution in [0.3, 0.4) is 0 Å². The number of primary amides is 1. The van der Waals surface area contributed by atoms with E-state index in [0.29, 0.717) is 23.6 Å². The molecule has 0 saturated heterocycles. The minimum absolute atomic E-state index is 0.260. The van der Waals surface area contributed by atoms with Crippen LogP contribution < -0.4 is 5.73 Å². The lowest BCUT2D eigenvalue weighted by Gasteiger charge is -1.97. The molecule has 2 N–H and O–H groups in total. The fourth-order valence-corrected chi connectivity index (χ4v) is 2.01. The maximum atomic E-state index is 10.8. The van der Waals surface area contributed by atoms with Gasteiger partial charge in [-0.2, -0.15) is 0 Å². The first-order valence-corrected chi connectivity index (χ1v) is 5.92. The van der Waals surface area contributed by atoms with Crippen molar-refractivity contribution in [2.75, 3.05) is 0 Å². The molecule has 1 heterocycles. The molecule has 0 aliphatic heterocycles. The molecule has 92 valence electrons. The molecular weight excluding hydrogens is 252 g/mol. The van der Waals surface area contributed by atoms with E-state index in [0.717, 1.165) is 16.6 Å². The van der Waals surface area contributed by atoms with Crippen LogP contribution in [-0.4, -0.2) is 16.7 Å². The zero-order chi connectivity index (χ0) is 13.1. The summed E-state index contributed by atoms with van der Waals surface area (Å²) in [7, 11) is 0. The first kappa shape index (κ1) is 12.4. The summed E-state index contributed by atoms with van der Waals surface area (Å²) in [5.74, 6) is 0. The highest BCUT2D eigenvalue weighted by Gasteiger charge is 2.06. The molecule has 0 bridgehead atoms. The predicted molar refractivity (Wildman–Crippen MR) is 70.0 cm³/mol. The van der Waals surface area contributed by atoms with Crippen molar-refractivity contribution in [1.29, 1.82) is 0 Å². The van der Waals surface area contributed by atoms with Crippen molar-refractivity contribution in [2.24, 2.45) is 5.73 Å². The lowest BCUT2D eigenvalue weighted by molar-refractivity contribution is -0.104. The number of amides is 1. The Morgan fingerprint density at radius 2 is 2.28 bits per heavy atom. The number of aromatic nitrogens is 1. The van der Waals surface area contributed by atoms with Gasteiger partial charge in [0.05, 0.1) is 10.6 Å². The Labute approximate surface area is 107 Å². The number of fused-ring (bicyclic) bond motifs is 1. The molecule has 2 rings (SSSR count). The van der Waals surface area contributed by atoms with Gasteiger partial charge in [0.1, 0.15) is 0 Å². The number of rotatable bonds is 3. The highest BCUT2D eigenvalue weighted by Crippen LogP contribution is 2.22. The van der Waals surface area contributed by atoms with Crippen LogP contribution in [0.15, 0.2) is 27.6 Å². The molecule has 0 atom stereocenters. The molecular formula is C12H10N2O3S. The van der Waals surface area contributed by atoms with Crippen LogP contribution in [-0.2, 0) is 4.79 Å². The summed E-state index contributed by atoms with van der Waals surface area (Å²) in [4.78, 5) is 21.8. The molecule has 5 nitrogen and oxygen atoms in total. The average Bonchev–Trinajstić information content (AvgIpc) is 2.70. The summed E-state index contributed by atoms with van der Waals surface area (Å²) in [6.45, 7) is 1.83. The third-order valence-corrected chi connectivity index (χ3v) is 2.97.